The van der Waals surface area contributed by atoms with E-state index in [1.165, 1.54) is 11.1 Å². The average Bonchev–Trinajstić information content (AvgIpc) is 3.05. The molecule has 0 radical (unpaired) electrons. The number of fused-ring (bicyclic) bond motifs is 2. The van der Waals surface area contributed by atoms with Crippen LogP contribution in [0.3, 0.4) is 0 Å². The Bertz CT molecular complexity index is 1120. The molecule has 3 aromatic rings. The molecule has 4 rings (SSSR count). The molecule has 0 fully saturated rings. The summed E-state index contributed by atoms with van der Waals surface area (Å²) in [5, 5.41) is 3.01. The van der Waals surface area contributed by atoms with Gasteiger partial charge in [-0.2, -0.15) is 0 Å². The van der Waals surface area contributed by atoms with Crippen LogP contribution in [0, 0.1) is 0 Å². The number of oxazole rings is 1. The lowest BCUT2D eigenvalue weighted by Crippen LogP contribution is -2.44. The smallest absolute Gasteiger partial charge is 0.408 e. The second-order valence-electron chi connectivity index (χ2n) is 8.16. The van der Waals surface area contributed by atoms with Crippen LogP contribution in [0.5, 0.6) is 0 Å². The lowest BCUT2D eigenvalue weighted by atomic mass is 9.99. The number of rotatable bonds is 6. The maximum atomic E-state index is 12.9. The van der Waals surface area contributed by atoms with Crippen molar-refractivity contribution in [1.29, 1.82) is 0 Å². The number of anilines is 1. The zero-order valence-corrected chi connectivity index (χ0v) is 17.7. The van der Waals surface area contributed by atoms with E-state index in [0.29, 0.717) is 23.3 Å². The van der Waals surface area contributed by atoms with E-state index < -0.39 is 0 Å². The van der Waals surface area contributed by atoms with E-state index in [4.69, 9.17) is 4.42 Å². The largest absolute Gasteiger partial charge is 0.419 e. The highest BCUT2D eigenvalue weighted by Gasteiger charge is 2.25. The summed E-state index contributed by atoms with van der Waals surface area (Å²) in [5.41, 5.74) is 4.53. The van der Waals surface area contributed by atoms with Gasteiger partial charge in [-0.3, -0.25) is 14.3 Å². The lowest BCUT2D eigenvalue weighted by molar-refractivity contribution is -0.121. The molecule has 0 aliphatic carbocycles. The molecular formula is C23H28N4O3. The van der Waals surface area contributed by atoms with Gasteiger partial charge in [0.05, 0.1) is 11.6 Å². The monoisotopic (exact) mass is 408 g/mol. The summed E-state index contributed by atoms with van der Waals surface area (Å²) in [5.74, 6) is -0.435. The van der Waals surface area contributed by atoms with Gasteiger partial charge in [0, 0.05) is 31.9 Å². The van der Waals surface area contributed by atoms with Crippen molar-refractivity contribution in [2.45, 2.75) is 32.5 Å². The first-order valence-electron chi connectivity index (χ1n) is 10.3. The molecule has 1 aliphatic heterocycles. The lowest BCUT2D eigenvalue weighted by Gasteiger charge is -2.32. The molecule has 7 nitrogen and oxygen atoms in total. The quantitative estimate of drug-likeness (QED) is 0.679. The van der Waals surface area contributed by atoms with Crippen LogP contribution in [0.15, 0.2) is 51.7 Å². The van der Waals surface area contributed by atoms with Crippen molar-refractivity contribution in [3.8, 4) is 0 Å². The number of carbonyl (C=O) groups excluding carboxylic acids is 1. The molecule has 2 aromatic carbocycles. The number of aromatic nitrogens is 1. The number of amides is 1. The third-order valence-electron chi connectivity index (χ3n) is 5.79. The first-order valence-corrected chi connectivity index (χ1v) is 10.3. The molecule has 0 bridgehead atoms. The Morgan fingerprint density at radius 3 is 2.73 bits per heavy atom. The molecule has 2 heterocycles. The van der Waals surface area contributed by atoms with E-state index in [1.807, 2.05) is 38.1 Å². The van der Waals surface area contributed by atoms with Gasteiger partial charge in [0.1, 0.15) is 0 Å². The van der Waals surface area contributed by atoms with Crippen LogP contribution < -0.4 is 11.1 Å². The average molecular weight is 409 g/mol. The van der Waals surface area contributed by atoms with Gasteiger partial charge in [-0.15, -0.1) is 0 Å². The van der Waals surface area contributed by atoms with Crippen molar-refractivity contribution >= 4 is 22.7 Å². The molecule has 1 aromatic heterocycles. The Morgan fingerprint density at radius 2 is 1.97 bits per heavy atom. The molecule has 0 saturated heterocycles. The predicted molar refractivity (Wildman–Crippen MR) is 118 cm³/mol. The molecule has 1 unspecified atom stereocenters. The number of carbonyl (C=O) groups is 1. The second-order valence-corrected chi connectivity index (χ2v) is 8.16. The summed E-state index contributed by atoms with van der Waals surface area (Å²) in [4.78, 5) is 29.3. The Balaban J connectivity index is 1.49. The number of nitrogens with one attached hydrogen (secondary N) is 1. The summed E-state index contributed by atoms with van der Waals surface area (Å²) in [6.45, 7) is 4.82. The highest BCUT2D eigenvalue weighted by Crippen LogP contribution is 2.22. The van der Waals surface area contributed by atoms with Gasteiger partial charge in [0.25, 0.3) is 0 Å². The summed E-state index contributed by atoms with van der Waals surface area (Å²) >= 11 is 0. The maximum Gasteiger partial charge on any atom is 0.419 e. The summed E-state index contributed by atoms with van der Waals surface area (Å²) in [7, 11) is 3.92. The third-order valence-corrected chi connectivity index (χ3v) is 5.79. The van der Waals surface area contributed by atoms with E-state index in [0.717, 1.165) is 26.1 Å². The maximum absolute atomic E-state index is 12.9. The van der Waals surface area contributed by atoms with Crippen molar-refractivity contribution in [2.24, 2.45) is 0 Å². The second kappa shape index (κ2) is 8.45. The van der Waals surface area contributed by atoms with Gasteiger partial charge >= 0.3 is 5.76 Å². The third kappa shape index (κ3) is 4.17. The normalized spacial score (nSPS) is 15.3. The van der Waals surface area contributed by atoms with Gasteiger partial charge in [-0.1, -0.05) is 24.3 Å². The Hall–Kier alpha value is -2.90. The molecule has 30 heavy (non-hydrogen) atoms. The SMILES string of the molecule is CC(C(=O)Nc1ccc2oc(=O)n(CCN(C)C)c2c1)N1CCc2ccccc2C1. The minimum Gasteiger partial charge on any atom is -0.408 e. The van der Waals surface area contributed by atoms with E-state index in [1.54, 1.807) is 16.7 Å². The number of likely N-dealkylation sites (N-methyl/N-ethyl adjacent to an activating group) is 1. The van der Waals surface area contributed by atoms with Crippen LogP contribution in [0.4, 0.5) is 5.69 Å². The van der Waals surface area contributed by atoms with Crippen LogP contribution in [-0.2, 0) is 24.3 Å². The Morgan fingerprint density at radius 1 is 1.20 bits per heavy atom. The van der Waals surface area contributed by atoms with Crippen LogP contribution in [0.25, 0.3) is 11.1 Å². The first-order chi connectivity index (χ1) is 14.4. The van der Waals surface area contributed by atoms with Crippen molar-refractivity contribution in [2.75, 3.05) is 32.5 Å². The Labute approximate surface area is 175 Å². The van der Waals surface area contributed by atoms with E-state index in [9.17, 15) is 9.59 Å². The number of hydrogen-bond acceptors (Lipinski definition) is 5. The van der Waals surface area contributed by atoms with Crippen LogP contribution in [0.1, 0.15) is 18.1 Å². The molecule has 1 aliphatic rings. The fourth-order valence-corrected chi connectivity index (χ4v) is 3.91. The molecule has 0 saturated carbocycles. The molecule has 1 atom stereocenters. The molecular weight excluding hydrogens is 380 g/mol. The Kier molecular flexibility index (Phi) is 5.74. The highest BCUT2D eigenvalue weighted by molar-refractivity contribution is 5.96. The molecule has 158 valence electrons. The fraction of sp³-hybridized carbons (Fsp3) is 0.391. The first kappa shape index (κ1) is 20.4. The zero-order chi connectivity index (χ0) is 21.3. The van der Waals surface area contributed by atoms with Gasteiger partial charge in [-0.05, 0) is 56.8 Å². The van der Waals surface area contributed by atoms with Gasteiger partial charge in [0.15, 0.2) is 5.58 Å². The summed E-state index contributed by atoms with van der Waals surface area (Å²) in [6.07, 6.45) is 0.951. The molecule has 7 heteroatoms. The van der Waals surface area contributed by atoms with Gasteiger partial charge in [0.2, 0.25) is 5.91 Å². The highest BCUT2D eigenvalue weighted by atomic mass is 16.4. The number of nitrogens with zero attached hydrogens (tertiary/aromatic N) is 3. The minimum absolute atomic E-state index is 0.0561. The van der Waals surface area contributed by atoms with Crippen molar-refractivity contribution < 1.29 is 9.21 Å². The number of benzene rings is 2. The number of hydrogen-bond donors (Lipinski definition) is 1. The van der Waals surface area contributed by atoms with Crippen molar-refractivity contribution in [1.82, 2.24) is 14.4 Å². The van der Waals surface area contributed by atoms with Crippen molar-refractivity contribution in [3.05, 3.63) is 64.1 Å². The summed E-state index contributed by atoms with van der Waals surface area (Å²) < 4.78 is 6.94. The van der Waals surface area contributed by atoms with Crippen LogP contribution in [0.2, 0.25) is 0 Å². The van der Waals surface area contributed by atoms with Gasteiger partial charge in [-0.25, -0.2) is 4.79 Å². The van der Waals surface area contributed by atoms with Gasteiger partial charge < -0.3 is 14.6 Å². The minimum atomic E-state index is -0.379. The fourth-order valence-electron chi connectivity index (χ4n) is 3.91. The molecule has 1 N–H and O–H groups in total. The van der Waals surface area contributed by atoms with E-state index in [-0.39, 0.29) is 17.7 Å². The molecule has 0 spiro atoms. The standard InChI is InChI=1S/C23H28N4O3/c1-16(26-11-10-17-6-4-5-7-18(17)15-26)22(28)24-19-8-9-21-20(14-19)27(23(29)30-21)13-12-25(2)3/h4-9,14,16H,10-13,15H2,1-3H3,(H,24,28). The van der Waals surface area contributed by atoms with E-state index in [2.05, 4.69) is 28.4 Å². The van der Waals surface area contributed by atoms with E-state index >= 15 is 0 Å². The predicted octanol–water partition coefficient (Wildman–Crippen LogP) is 2.54. The zero-order valence-electron chi connectivity index (χ0n) is 17.7. The summed E-state index contributed by atoms with van der Waals surface area (Å²) in [6, 6.07) is 13.5. The van der Waals surface area contributed by atoms with Crippen LogP contribution in [-0.4, -0.2) is 53.5 Å². The van der Waals surface area contributed by atoms with Crippen LogP contribution >= 0.6 is 0 Å². The van der Waals surface area contributed by atoms with Crippen molar-refractivity contribution in [3.63, 3.8) is 0 Å². The molecule has 1 amide bonds. The topological polar surface area (TPSA) is 70.7 Å².